The van der Waals surface area contributed by atoms with Crippen LogP contribution in [-0.4, -0.2) is 41.5 Å². The van der Waals surface area contributed by atoms with E-state index in [4.69, 9.17) is 11.6 Å². The molecule has 37 heavy (non-hydrogen) atoms. The Kier molecular flexibility index (Phi) is 8.02. The Morgan fingerprint density at radius 2 is 1.86 bits per heavy atom. The Morgan fingerprint density at radius 1 is 1.08 bits per heavy atom. The molecule has 4 rings (SSSR count). The highest BCUT2D eigenvalue weighted by molar-refractivity contribution is 6.30. The molecule has 0 saturated heterocycles. The van der Waals surface area contributed by atoms with Crippen LogP contribution in [0.4, 0.5) is 22.4 Å². The molecule has 1 aromatic heterocycles. The fourth-order valence-corrected chi connectivity index (χ4v) is 4.28. The number of nitrogens with one attached hydrogen (secondary N) is 1. The number of carbonyl (C=O) groups excluding carboxylic acids is 1. The standard InChI is InChI=1S/C27H24ClF4N3O2/c28-21-12-13-23(33-18-21)26(17-19-8-3-1-4-9-19,34-25(36)35-14-5-2-6-15-35)20-10-7-11-22(16-20)37-27(31,32)24(29)30/h1-5,7-13,16,18,24H,6,14-15,17H2,(H,34,36)/t26-/m0/s1. The Bertz CT molecular complexity index is 1240. The van der Waals surface area contributed by atoms with Gasteiger partial charge in [0.05, 0.1) is 10.7 Å². The number of aromatic nitrogens is 1. The molecule has 194 valence electrons. The fourth-order valence-electron chi connectivity index (χ4n) is 4.17. The number of rotatable bonds is 8. The van der Waals surface area contributed by atoms with Crippen molar-refractivity contribution in [3.05, 3.63) is 107 Å². The summed E-state index contributed by atoms with van der Waals surface area (Å²) < 4.78 is 57.5. The largest absolute Gasteiger partial charge is 0.461 e. The molecule has 1 N–H and O–H groups in total. The minimum absolute atomic E-state index is 0.173. The van der Waals surface area contributed by atoms with Gasteiger partial charge in [0.1, 0.15) is 11.3 Å². The van der Waals surface area contributed by atoms with E-state index in [2.05, 4.69) is 15.0 Å². The number of benzene rings is 2. The number of carbonyl (C=O) groups is 1. The topological polar surface area (TPSA) is 54.5 Å². The first kappa shape index (κ1) is 26.5. The second kappa shape index (κ2) is 11.2. The molecule has 1 aliphatic rings. The van der Waals surface area contributed by atoms with Gasteiger partial charge < -0.3 is 15.0 Å². The third-order valence-corrected chi connectivity index (χ3v) is 6.20. The van der Waals surface area contributed by atoms with E-state index < -0.39 is 29.9 Å². The molecule has 0 fully saturated rings. The SMILES string of the molecule is O=C(N[C@@](Cc1ccccc1)(c1cccc(OC(F)(F)C(F)F)c1)c1ccc(Cl)cn1)N1CC=CCC1. The molecular weight excluding hydrogens is 510 g/mol. The first-order valence-electron chi connectivity index (χ1n) is 11.5. The monoisotopic (exact) mass is 533 g/mol. The first-order chi connectivity index (χ1) is 17.7. The van der Waals surface area contributed by atoms with Crippen molar-refractivity contribution in [3.63, 3.8) is 0 Å². The van der Waals surface area contributed by atoms with Gasteiger partial charge in [-0.05, 0) is 41.8 Å². The number of pyridine rings is 1. The summed E-state index contributed by atoms with van der Waals surface area (Å²) in [5.74, 6) is -0.482. The number of urea groups is 1. The molecule has 2 amide bonds. The zero-order valence-corrected chi connectivity index (χ0v) is 20.3. The number of ether oxygens (including phenoxy) is 1. The van der Waals surface area contributed by atoms with Crippen LogP contribution < -0.4 is 10.1 Å². The predicted octanol–water partition coefficient (Wildman–Crippen LogP) is 6.43. The van der Waals surface area contributed by atoms with Crippen molar-refractivity contribution in [2.24, 2.45) is 0 Å². The van der Waals surface area contributed by atoms with Gasteiger partial charge in [-0.3, -0.25) is 4.98 Å². The molecule has 0 unspecified atom stereocenters. The molecule has 1 atom stereocenters. The second-order valence-corrected chi connectivity index (χ2v) is 8.99. The summed E-state index contributed by atoms with van der Waals surface area (Å²) in [5, 5.41) is 3.43. The third-order valence-electron chi connectivity index (χ3n) is 5.98. The van der Waals surface area contributed by atoms with Crippen LogP contribution in [0.3, 0.4) is 0 Å². The molecule has 5 nitrogen and oxygen atoms in total. The van der Waals surface area contributed by atoms with Gasteiger partial charge in [0.15, 0.2) is 0 Å². The highest BCUT2D eigenvalue weighted by Crippen LogP contribution is 2.36. The second-order valence-electron chi connectivity index (χ2n) is 8.56. The van der Waals surface area contributed by atoms with Crippen molar-refractivity contribution < 1.29 is 27.1 Å². The summed E-state index contributed by atoms with van der Waals surface area (Å²) in [6, 6.07) is 17.4. The summed E-state index contributed by atoms with van der Waals surface area (Å²) in [5.41, 5.74) is 0.111. The third kappa shape index (κ3) is 6.22. The van der Waals surface area contributed by atoms with Crippen molar-refractivity contribution >= 4 is 17.6 Å². The van der Waals surface area contributed by atoms with Crippen LogP contribution in [-0.2, 0) is 12.0 Å². The molecule has 0 aliphatic carbocycles. The molecule has 0 radical (unpaired) electrons. The molecule has 2 heterocycles. The van der Waals surface area contributed by atoms with Gasteiger partial charge >= 0.3 is 18.6 Å². The highest BCUT2D eigenvalue weighted by atomic mass is 35.5. The van der Waals surface area contributed by atoms with E-state index in [0.29, 0.717) is 35.8 Å². The predicted molar refractivity (Wildman–Crippen MR) is 132 cm³/mol. The zero-order valence-electron chi connectivity index (χ0n) is 19.6. The highest BCUT2D eigenvalue weighted by Gasteiger charge is 2.45. The number of halogens is 5. The lowest BCUT2D eigenvalue weighted by Gasteiger charge is -2.38. The maximum atomic E-state index is 13.7. The van der Waals surface area contributed by atoms with Crippen LogP contribution in [0, 0.1) is 0 Å². The average molecular weight is 534 g/mol. The van der Waals surface area contributed by atoms with E-state index >= 15 is 0 Å². The number of hydrogen-bond donors (Lipinski definition) is 1. The summed E-state index contributed by atoms with van der Waals surface area (Å²) in [6.45, 7) is 0.882. The maximum Gasteiger partial charge on any atom is 0.461 e. The van der Waals surface area contributed by atoms with E-state index in [-0.39, 0.29) is 6.42 Å². The zero-order chi connectivity index (χ0) is 26.5. The van der Waals surface area contributed by atoms with Crippen molar-refractivity contribution in [1.82, 2.24) is 15.2 Å². The lowest BCUT2D eigenvalue weighted by molar-refractivity contribution is -0.253. The first-order valence-corrected chi connectivity index (χ1v) is 11.9. The van der Waals surface area contributed by atoms with Crippen LogP contribution in [0.15, 0.2) is 85.1 Å². The minimum Gasteiger partial charge on any atom is -0.428 e. The quantitative estimate of drug-likeness (QED) is 0.268. The van der Waals surface area contributed by atoms with Gasteiger partial charge in [-0.1, -0.05) is 66.2 Å². The number of alkyl halides is 4. The summed E-state index contributed by atoms with van der Waals surface area (Å²) in [4.78, 5) is 19.6. The van der Waals surface area contributed by atoms with Crippen molar-refractivity contribution in [2.45, 2.75) is 30.9 Å². The van der Waals surface area contributed by atoms with Crippen LogP contribution in [0.25, 0.3) is 0 Å². The summed E-state index contributed by atoms with van der Waals surface area (Å²) >= 11 is 6.08. The van der Waals surface area contributed by atoms with Gasteiger partial charge in [0.25, 0.3) is 0 Å². The summed E-state index contributed by atoms with van der Waals surface area (Å²) in [7, 11) is 0. The van der Waals surface area contributed by atoms with E-state index in [1.54, 1.807) is 23.1 Å². The van der Waals surface area contributed by atoms with Crippen LogP contribution in [0.1, 0.15) is 23.2 Å². The van der Waals surface area contributed by atoms with E-state index in [9.17, 15) is 22.4 Å². The molecule has 10 heteroatoms. The molecular formula is C27H24ClF4N3O2. The Labute approximate surface area is 216 Å². The average Bonchev–Trinajstić information content (AvgIpc) is 2.89. The lowest BCUT2D eigenvalue weighted by Crippen LogP contribution is -2.54. The lowest BCUT2D eigenvalue weighted by atomic mass is 9.80. The number of hydrogen-bond acceptors (Lipinski definition) is 3. The van der Waals surface area contributed by atoms with Crippen molar-refractivity contribution in [1.29, 1.82) is 0 Å². The Morgan fingerprint density at radius 3 is 2.51 bits per heavy atom. The van der Waals surface area contributed by atoms with Crippen molar-refractivity contribution in [3.8, 4) is 5.75 Å². The Hall–Kier alpha value is -3.59. The normalized spacial score (nSPS) is 15.4. The molecule has 3 aromatic rings. The van der Waals surface area contributed by atoms with Gasteiger partial charge in [-0.2, -0.15) is 17.6 Å². The van der Waals surface area contributed by atoms with Gasteiger partial charge in [-0.15, -0.1) is 0 Å². The van der Waals surface area contributed by atoms with E-state index in [1.807, 2.05) is 42.5 Å². The number of nitrogens with zero attached hydrogens (tertiary/aromatic N) is 2. The van der Waals surface area contributed by atoms with Crippen LogP contribution >= 0.6 is 11.6 Å². The molecule has 0 bridgehead atoms. The van der Waals surface area contributed by atoms with Crippen molar-refractivity contribution in [2.75, 3.05) is 13.1 Å². The molecule has 0 spiro atoms. The smallest absolute Gasteiger partial charge is 0.428 e. The molecule has 0 saturated carbocycles. The molecule has 1 aliphatic heterocycles. The Balaban J connectivity index is 1.85. The van der Waals surface area contributed by atoms with Gasteiger partial charge in [0, 0.05) is 25.7 Å². The maximum absolute atomic E-state index is 13.7. The fraction of sp³-hybridized carbons (Fsp3) is 0.259. The van der Waals surface area contributed by atoms with Crippen LogP contribution in [0.2, 0.25) is 5.02 Å². The number of amides is 2. The molecule has 2 aromatic carbocycles. The van der Waals surface area contributed by atoms with E-state index in [0.717, 1.165) is 11.6 Å². The van der Waals surface area contributed by atoms with Gasteiger partial charge in [-0.25, -0.2) is 4.79 Å². The minimum atomic E-state index is -4.69. The van der Waals surface area contributed by atoms with E-state index in [1.165, 1.54) is 18.3 Å². The van der Waals surface area contributed by atoms with Crippen LogP contribution in [0.5, 0.6) is 5.75 Å². The van der Waals surface area contributed by atoms with Gasteiger partial charge in [0.2, 0.25) is 0 Å². The summed E-state index contributed by atoms with van der Waals surface area (Å²) in [6.07, 6.45) is -2.58.